The van der Waals surface area contributed by atoms with Crippen LogP contribution in [0.2, 0.25) is 0 Å². The van der Waals surface area contributed by atoms with Crippen LogP contribution in [0.4, 0.5) is 0 Å². The molecule has 0 heterocycles. The van der Waals surface area contributed by atoms with Crippen LogP contribution in [0.15, 0.2) is 12.2 Å². The largest absolute Gasteiger partial charge is 0.481 e. The molecule has 4 aliphatic carbocycles. The normalized spacial score (nSPS) is 57.7. The number of aliphatic carboxylic acids is 1. The molecular weight excluding hydrogens is 320 g/mol. The minimum absolute atomic E-state index is 0.0468. The molecule has 4 aliphatic rings. The second-order valence-electron chi connectivity index (χ2n) is 9.66. The van der Waals surface area contributed by atoms with Crippen molar-refractivity contribution in [1.82, 2.24) is 0 Å². The molecule has 0 aromatic heterocycles. The van der Waals surface area contributed by atoms with Gasteiger partial charge in [-0.05, 0) is 61.9 Å². The minimum atomic E-state index is -0.896. The quantitative estimate of drug-likeness (QED) is 0.542. The minimum Gasteiger partial charge on any atom is -0.481 e. The fourth-order valence-electron chi connectivity index (χ4n) is 7.65. The van der Waals surface area contributed by atoms with Crippen molar-refractivity contribution < 1.29 is 25.2 Å². The molecule has 4 fully saturated rings. The van der Waals surface area contributed by atoms with Crippen LogP contribution in [0.3, 0.4) is 0 Å². The average molecular weight is 350 g/mol. The van der Waals surface area contributed by atoms with Gasteiger partial charge in [0.05, 0.1) is 23.7 Å². The van der Waals surface area contributed by atoms with Gasteiger partial charge in [-0.1, -0.05) is 19.9 Å². The van der Waals surface area contributed by atoms with Crippen molar-refractivity contribution >= 4 is 5.97 Å². The lowest BCUT2D eigenvalue weighted by atomic mass is 9.39. The lowest BCUT2D eigenvalue weighted by molar-refractivity contribution is -0.248. The summed E-state index contributed by atoms with van der Waals surface area (Å²) in [5.74, 6) is -1.26. The third kappa shape index (κ3) is 1.87. The number of aliphatic hydroxyl groups excluding tert-OH is 3. The Bertz CT molecular complexity index is 632. The summed E-state index contributed by atoms with van der Waals surface area (Å²) in [5, 5.41) is 43.1. The zero-order valence-corrected chi connectivity index (χ0v) is 15.1. The van der Waals surface area contributed by atoms with E-state index in [-0.39, 0.29) is 17.8 Å². The van der Waals surface area contributed by atoms with Crippen LogP contribution in [0.5, 0.6) is 0 Å². The number of carboxylic acid groups (broad SMARTS) is 1. The van der Waals surface area contributed by atoms with E-state index in [0.29, 0.717) is 25.7 Å². The van der Waals surface area contributed by atoms with E-state index >= 15 is 0 Å². The van der Waals surface area contributed by atoms with Gasteiger partial charge in [0.25, 0.3) is 0 Å². The molecule has 0 unspecified atom stereocenters. The first kappa shape index (κ1) is 17.5. The van der Waals surface area contributed by atoms with E-state index in [0.717, 1.165) is 18.4 Å². The molecule has 2 bridgehead atoms. The van der Waals surface area contributed by atoms with E-state index in [9.17, 15) is 25.2 Å². The van der Waals surface area contributed by atoms with Gasteiger partial charge in [0.2, 0.25) is 0 Å². The molecule has 1 spiro atoms. The number of fused-ring (bicyclic) bond motifs is 3. The molecule has 25 heavy (non-hydrogen) atoms. The Balaban J connectivity index is 1.87. The van der Waals surface area contributed by atoms with E-state index in [1.165, 1.54) is 0 Å². The molecule has 5 nitrogen and oxygen atoms in total. The summed E-state index contributed by atoms with van der Waals surface area (Å²) in [7, 11) is 0. The SMILES string of the molecule is C=C1[C@@H]2C[C@H](O)[C@H]3[C@]4(C)CCC[C@@](C)(C(=O)O)[C@H]4C[C@@H](O)[C@]3(C2)[C@@H]1O. The smallest absolute Gasteiger partial charge is 0.309 e. The highest BCUT2D eigenvalue weighted by Crippen LogP contribution is 2.72. The van der Waals surface area contributed by atoms with Gasteiger partial charge in [-0.2, -0.15) is 0 Å². The predicted octanol–water partition coefficient (Wildman–Crippen LogP) is 1.95. The summed E-state index contributed by atoms with van der Waals surface area (Å²) >= 11 is 0. The van der Waals surface area contributed by atoms with E-state index in [4.69, 9.17) is 0 Å². The molecule has 4 saturated carbocycles. The van der Waals surface area contributed by atoms with Crippen LogP contribution in [-0.2, 0) is 4.79 Å². The summed E-state index contributed by atoms with van der Waals surface area (Å²) in [6, 6.07) is 0. The molecule has 4 rings (SSSR count). The van der Waals surface area contributed by atoms with E-state index in [1.807, 2.05) is 0 Å². The maximum absolute atomic E-state index is 12.1. The monoisotopic (exact) mass is 350 g/mol. The first-order chi connectivity index (χ1) is 11.6. The number of rotatable bonds is 1. The molecule has 0 aliphatic heterocycles. The summed E-state index contributed by atoms with van der Waals surface area (Å²) in [4.78, 5) is 12.1. The molecule has 0 radical (unpaired) electrons. The van der Waals surface area contributed by atoms with Crippen LogP contribution in [0, 0.1) is 34.0 Å². The Morgan fingerprint density at radius 1 is 1.16 bits per heavy atom. The number of carboxylic acids is 1. The second-order valence-corrected chi connectivity index (χ2v) is 9.66. The third-order valence-electron chi connectivity index (χ3n) is 8.73. The Morgan fingerprint density at radius 3 is 2.48 bits per heavy atom. The van der Waals surface area contributed by atoms with Gasteiger partial charge in [-0.3, -0.25) is 4.79 Å². The Kier molecular flexibility index (Phi) is 3.56. The second kappa shape index (κ2) is 5.08. The summed E-state index contributed by atoms with van der Waals surface area (Å²) < 4.78 is 0. The van der Waals surface area contributed by atoms with Crippen molar-refractivity contribution in [2.24, 2.45) is 34.0 Å². The molecule has 9 atom stereocenters. The molecule has 140 valence electrons. The summed E-state index contributed by atoms with van der Waals surface area (Å²) in [6.45, 7) is 7.94. The Hall–Kier alpha value is -0.910. The molecule has 0 aromatic rings. The van der Waals surface area contributed by atoms with Gasteiger partial charge < -0.3 is 20.4 Å². The van der Waals surface area contributed by atoms with Crippen LogP contribution >= 0.6 is 0 Å². The van der Waals surface area contributed by atoms with Gasteiger partial charge in [-0.25, -0.2) is 0 Å². The zero-order chi connectivity index (χ0) is 18.4. The van der Waals surface area contributed by atoms with E-state index in [1.54, 1.807) is 6.92 Å². The Labute approximate surface area is 148 Å². The van der Waals surface area contributed by atoms with Gasteiger partial charge in [-0.15, -0.1) is 0 Å². The van der Waals surface area contributed by atoms with Crippen LogP contribution in [-0.4, -0.2) is 44.7 Å². The summed E-state index contributed by atoms with van der Waals surface area (Å²) in [5.41, 5.74) is -1.34. The first-order valence-electron chi connectivity index (χ1n) is 9.55. The van der Waals surface area contributed by atoms with Gasteiger partial charge in [0, 0.05) is 11.3 Å². The highest BCUT2D eigenvalue weighted by Gasteiger charge is 2.72. The maximum Gasteiger partial charge on any atom is 0.309 e. The molecule has 0 amide bonds. The highest BCUT2D eigenvalue weighted by atomic mass is 16.4. The van der Waals surface area contributed by atoms with Crippen molar-refractivity contribution in [3.63, 3.8) is 0 Å². The molecular formula is C20H30O5. The molecule has 0 aromatic carbocycles. The van der Waals surface area contributed by atoms with Crippen LogP contribution in [0.25, 0.3) is 0 Å². The van der Waals surface area contributed by atoms with Crippen molar-refractivity contribution in [3.8, 4) is 0 Å². The van der Waals surface area contributed by atoms with Gasteiger partial charge in [0.1, 0.15) is 0 Å². The van der Waals surface area contributed by atoms with Gasteiger partial charge >= 0.3 is 5.97 Å². The van der Waals surface area contributed by atoms with Crippen LogP contribution < -0.4 is 0 Å². The van der Waals surface area contributed by atoms with Crippen LogP contribution in [0.1, 0.15) is 52.4 Å². The summed E-state index contributed by atoms with van der Waals surface area (Å²) in [6.07, 6.45) is 1.56. The molecule has 5 heteroatoms. The van der Waals surface area contributed by atoms with Crippen molar-refractivity contribution in [1.29, 1.82) is 0 Å². The number of hydrogen-bond acceptors (Lipinski definition) is 4. The molecule has 0 saturated heterocycles. The topological polar surface area (TPSA) is 98.0 Å². The number of carbonyl (C=O) groups is 1. The molecule has 4 N–H and O–H groups in total. The average Bonchev–Trinajstić information content (AvgIpc) is 2.72. The zero-order valence-electron chi connectivity index (χ0n) is 15.1. The number of aliphatic hydroxyl groups is 3. The van der Waals surface area contributed by atoms with Crippen molar-refractivity contribution in [2.75, 3.05) is 0 Å². The van der Waals surface area contributed by atoms with Gasteiger partial charge in [0.15, 0.2) is 0 Å². The maximum atomic E-state index is 12.1. The third-order valence-corrected chi connectivity index (χ3v) is 8.73. The lowest BCUT2D eigenvalue weighted by Gasteiger charge is -2.66. The Morgan fingerprint density at radius 2 is 1.84 bits per heavy atom. The fourth-order valence-corrected chi connectivity index (χ4v) is 7.65. The fraction of sp³-hybridized carbons (Fsp3) is 0.850. The number of hydrogen-bond donors (Lipinski definition) is 4. The lowest BCUT2D eigenvalue weighted by Crippen LogP contribution is -2.67. The standard InChI is InChI=1S/C20H30O5/c1-10-11-7-12(21)15-18(2)5-4-6-19(3,17(24)25)13(18)8-14(22)20(15,9-11)16(10)23/h11-16,21-23H,1,4-9H2,2-3H3,(H,24,25)/t11-,12+,13+,14-,15+,16-,18-,19-,20+/m1/s1. The first-order valence-corrected chi connectivity index (χ1v) is 9.55. The van der Waals surface area contributed by atoms with Crippen molar-refractivity contribution in [2.45, 2.75) is 70.7 Å². The van der Waals surface area contributed by atoms with E-state index in [2.05, 4.69) is 13.5 Å². The van der Waals surface area contributed by atoms with Crippen molar-refractivity contribution in [3.05, 3.63) is 12.2 Å². The predicted molar refractivity (Wildman–Crippen MR) is 91.6 cm³/mol. The highest BCUT2D eigenvalue weighted by molar-refractivity contribution is 5.75. The van der Waals surface area contributed by atoms with E-state index < -0.39 is 40.5 Å².